The summed E-state index contributed by atoms with van der Waals surface area (Å²) in [7, 11) is 2.16. The van der Waals surface area contributed by atoms with Crippen molar-refractivity contribution in [2.45, 2.75) is 45.6 Å². The Hall–Kier alpha value is -2.73. The Kier molecular flexibility index (Phi) is 5.84. The molecule has 4 rings (SSSR count). The summed E-state index contributed by atoms with van der Waals surface area (Å²) in [5.41, 5.74) is 4.56. The van der Waals surface area contributed by atoms with Crippen molar-refractivity contribution in [1.82, 2.24) is 5.32 Å². The summed E-state index contributed by atoms with van der Waals surface area (Å²) < 4.78 is 5.46. The van der Waals surface area contributed by atoms with Crippen molar-refractivity contribution in [2.24, 2.45) is 4.99 Å². The van der Waals surface area contributed by atoms with Crippen LogP contribution < -0.4 is 15.0 Å². The first-order valence-electron chi connectivity index (χ1n) is 10.7. The van der Waals surface area contributed by atoms with E-state index < -0.39 is 0 Å². The number of carbonyl (C=O) groups is 1. The maximum absolute atomic E-state index is 12.5. The smallest absolute Gasteiger partial charge is 0.264 e. The van der Waals surface area contributed by atoms with E-state index in [2.05, 4.69) is 61.2 Å². The maximum atomic E-state index is 12.5. The van der Waals surface area contributed by atoms with Crippen LogP contribution >= 0.6 is 11.8 Å². The van der Waals surface area contributed by atoms with Crippen molar-refractivity contribution in [1.29, 1.82) is 0 Å². The fourth-order valence-electron chi connectivity index (χ4n) is 4.22. The predicted molar refractivity (Wildman–Crippen MR) is 130 cm³/mol. The van der Waals surface area contributed by atoms with Crippen LogP contribution in [0.5, 0.6) is 5.75 Å². The van der Waals surface area contributed by atoms with Crippen LogP contribution in [0.25, 0.3) is 6.08 Å². The lowest BCUT2D eigenvalue weighted by molar-refractivity contribution is -0.115. The third-order valence-corrected chi connectivity index (χ3v) is 6.89. The molecule has 0 saturated carbocycles. The summed E-state index contributed by atoms with van der Waals surface area (Å²) in [4.78, 5) is 20.1. The van der Waals surface area contributed by atoms with Crippen LogP contribution in [-0.4, -0.2) is 30.3 Å². The summed E-state index contributed by atoms with van der Waals surface area (Å²) in [6, 6.07) is 14.0. The van der Waals surface area contributed by atoms with E-state index in [4.69, 9.17) is 4.74 Å². The van der Waals surface area contributed by atoms with Crippen molar-refractivity contribution in [3.63, 3.8) is 0 Å². The third-order valence-electron chi connectivity index (χ3n) is 5.98. The molecule has 5 nitrogen and oxygen atoms in total. The second-order valence-corrected chi connectivity index (χ2v) is 9.73. The average Bonchev–Trinajstić information content (AvgIpc) is 3.06. The highest BCUT2D eigenvalue weighted by molar-refractivity contribution is 8.18. The van der Waals surface area contributed by atoms with Crippen molar-refractivity contribution >= 4 is 40.3 Å². The Morgan fingerprint density at radius 3 is 2.71 bits per heavy atom. The number of aliphatic imine (C=N–C) groups is 1. The first-order chi connectivity index (χ1) is 14.8. The topological polar surface area (TPSA) is 53.9 Å². The van der Waals surface area contributed by atoms with Gasteiger partial charge in [0.1, 0.15) is 5.75 Å². The average molecular weight is 436 g/mol. The lowest BCUT2D eigenvalue weighted by atomic mass is 9.80. The molecule has 1 atom stereocenters. The number of ether oxygens (including phenoxy) is 1. The lowest BCUT2D eigenvalue weighted by Crippen LogP contribution is -2.45. The number of carbonyl (C=O) groups excluding carboxylic acids is 1. The van der Waals surface area contributed by atoms with E-state index in [0.717, 1.165) is 23.4 Å². The van der Waals surface area contributed by atoms with Crippen LogP contribution in [0.15, 0.2) is 52.4 Å². The molecule has 2 heterocycles. The maximum Gasteiger partial charge on any atom is 0.264 e. The van der Waals surface area contributed by atoms with Gasteiger partial charge >= 0.3 is 0 Å². The predicted octanol–water partition coefficient (Wildman–Crippen LogP) is 5.70. The number of fused-ring (bicyclic) bond motifs is 1. The van der Waals surface area contributed by atoms with E-state index in [0.29, 0.717) is 22.6 Å². The van der Waals surface area contributed by atoms with Gasteiger partial charge in [-0.2, -0.15) is 0 Å². The number of hydrogen-bond acceptors (Lipinski definition) is 5. The molecule has 2 aromatic carbocycles. The second kappa shape index (κ2) is 8.42. The quantitative estimate of drug-likeness (QED) is 0.626. The van der Waals surface area contributed by atoms with Gasteiger partial charge in [-0.1, -0.05) is 13.0 Å². The van der Waals surface area contributed by atoms with Crippen molar-refractivity contribution in [3.8, 4) is 5.75 Å². The Morgan fingerprint density at radius 1 is 1.26 bits per heavy atom. The molecule has 0 aliphatic carbocycles. The van der Waals surface area contributed by atoms with Crippen LogP contribution in [0, 0.1) is 0 Å². The molecule has 1 amide bonds. The summed E-state index contributed by atoms with van der Waals surface area (Å²) in [6.07, 6.45) is 3.05. The van der Waals surface area contributed by atoms with Crippen LogP contribution in [0.2, 0.25) is 0 Å². The van der Waals surface area contributed by atoms with Gasteiger partial charge in [0, 0.05) is 18.3 Å². The zero-order valence-electron chi connectivity index (χ0n) is 18.7. The van der Waals surface area contributed by atoms with Gasteiger partial charge in [0.15, 0.2) is 5.17 Å². The molecule has 0 aromatic heterocycles. The van der Waals surface area contributed by atoms with Gasteiger partial charge in [0.2, 0.25) is 0 Å². The molecule has 2 aromatic rings. The minimum absolute atomic E-state index is 0.112. The zero-order chi connectivity index (χ0) is 22.2. The van der Waals surface area contributed by atoms with Gasteiger partial charge in [0.05, 0.1) is 17.2 Å². The summed E-state index contributed by atoms with van der Waals surface area (Å²) in [5, 5.41) is 3.46. The number of benzene rings is 2. The number of rotatable bonds is 4. The van der Waals surface area contributed by atoms with Crippen molar-refractivity contribution in [3.05, 3.63) is 58.5 Å². The van der Waals surface area contributed by atoms with E-state index in [9.17, 15) is 4.79 Å². The standard InChI is InChI=1S/C25H29N3O2S/c1-6-30-19-10-8-18(9-11-19)26-24-27-23(29)22(31-24)14-17-7-12-21-20(13-17)16(2)15-25(3,4)28(21)5/h7-14,16H,6,15H2,1-5H3,(H,26,27,29)/b22-14-. The number of nitrogens with one attached hydrogen (secondary N) is 1. The molecule has 6 heteroatoms. The fourth-order valence-corrected chi connectivity index (χ4v) is 5.06. The van der Waals surface area contributed by atoms with E-state index >= 15 is 0 Å². The van der Waals surface area contributed by atoms with Gasteiger partial charge in [0.25, 0.3) is 5.91 Å². The van der Waals surface area contributed by atoms with Crippen LogP contribution in [-0.2, 0) is 4.79 Å². The van der Waals surface area contributed by atoms with E-state index in [-0.39, 0.29) is 11.4 Å². The SMILES string of the molecule is CCOc1ccc(N=C2NC(=O)/C(=C/c3ccc4c(c3)C(C)CC(C)(C)N4C)S2)cc1. The number of amidine groups is 1. The monoisotopic (exact) mass is 435 g/mol. The Labute approximate surface area is 188 Å². The molecule has 31 heavy (non-hydrogen) atoms. The normalized spacial score (nSPS) is 22.5. The fraction of sp³-hybridized carbons (Fsp3) is 0.360. The highest BCUT2D eigenvalue weighted by Crippen LogP contribution is 2.43. The molecular formula is C25H29N3O2S. The second-order valence-electron chi connectivity index (χ2n) is 8.70. The van der Waals surface area contributed by atoms with E-state index in [1.165, 1.54) is 23.0 Å². The molecule has 162 valence electrons. The molecule has 1 N–H and O–H groups in total. The zero-order valence-corrected chi connectivity index (χ0v) is 19.5. The number of nitrogens with zero attached hydrogens (tertiary/aromatic N) is 2. The molecule has 1 saturated heterocycles. The van der Waals surface area contributed by atoms with Gasteiger partial charge in [-0.3, -0.25) is 4.79 Å². The number of anilines is 1. The molecule has 0 spiro atoms. The number of hydrogen-bond donors (Lipinski definition) is 1. The molecule has 1 fully saturated rings. The van der Waals surface area contributed by atoms with Gasteiger partial charge in [-0.05, 0) is 98.5 Å². The minimum Gasteiger partial charge on any atom is -0.494 e. The van der Waals surface area contributed by atoms with E-state index in [1.807, 2.05) is 37.3 Å². The van der Waals surface area contributed by atoms with Crippen LogP contribution in [0.4, 0.5) is 11.4 Å². The van der Waals surface area contributed by atoms with Gasteiger partial charge < -0.3 is 15.0 Å². The van der Waals surface area contributed by atoms with Crippen LogP contribution in [0.3, 0.4) is 0 Å². The first kappa shape index (κ1) is 21.5. The number of amides is 1. The molecule has 2 aliphatic heterocycles. The Morgan fingerprint density at radius 2 is 2.00 bits per heavy atom. The molecule has 0 radical (unpaired) electrons. The minimum atomic E-state index is -0.112. The number of thioether (sulfide) groups is 1. The first-order valence-corrected chi connectivity index (χ1v) is 11.5. The molecule has 1 unspecified atom stereocenters. The summed E-state index contributed by atoms with van der Waals surface area (Å²) in [6.45, 7) is 9.43. The van der Waals surface area contributed by atoms with Gasteiger partial charge in [-0.25, -0.2) is 4.99 Å². The highest BCUT2D eigenvalue weighted by atomic mass is 32.2. The van der Waals surface area contributed by atoms with Crippen molar-refractivity contribution < 1.29 is 9.53 Å². The lowest BCUT2D eigenvalue weighted by Gasteiger charge is -2.45. The molecular weight excluding hydrogens is 406 g/mol. The summed E-state index contributed by atoms with van der Waals surface area (Å²) >= 11 is 1.37. The van der Waals surface area contributed by atoms with Gasteiger partial charge in [-0.15, -0.1) is 0 Å². The Balaban J connectivity index is 1.55. The van der Waals surface area contributed by atoms with Crippen molar-refractivity contribution in [2.75, 3.05) is 18.6 Å². The van der Waals surface area contributed by atoms with Crippen LogP contribution in [0.1, 0.15) is 51.2 Å². The Bertz CT molecular complexity index is 1060. The third kappa shape index (κ3) is 4.49. The van der Waals surface area contributed by atoms with E-state index in [1.54, 1.807) is 0 Å². The molecule has 2 aliphatic rings. The highest BCUT2D eigenvalue weighted by Gasteiger charge is 2.34. The molecule has 0 bridgehead atoms. The summed E-state index contributed by atoms with van der Waals surface area (Å²) in [5.74, 6) is 1.17. The largest absolute Gasteiger partial charge is 0.494 e.